The maximum atomic E-state index is 12.4. The number of nitrogens with one attached hydrogen (secondary N) is 1. The van der Waals surface area contributed by atoms with Crippen molar-refractivity contribution in [3.63, 3.8) is 0 Å². The molecule has 0 heterocycles. The van der Waals surface area contributed by atoms with E-state index >= 15 is 0 Å². The smallest absolute Gasteiger partial charge is 0.416 e. The van der Waals surface area contributed by atoms with E-state index in [1.54, 1.807) is 6.92 Å². The fraction of sp³-hybridized carbons (Fsp3) is 0.429. The third-order valence-corrected chi connectivity index (χ3v) is 2.63. The number of carbonyl (C=O) groups excluding carboxylic acids is 2. The van der Waals surface area contributed by atoms with Crippen LogP contribution in [-0.2, 0) is 27.0 Å². The van der Waals surface area contributed by atoms with Crippen molar-refractivity contribution in [3.05, 3.63) is 35.4 Å². The molecule has 116 valence electrons. The van der Waals surface area contributed by atoms with Gasteiger partial charge in [0.1, 0.15) is 0 Å². The quantitative estimate of drug-likeness (QED) is 0.822. The Morgan fingerprint density at radius 1 is 1.14 bits per heavy atom. The summed E-state index contributed by atoms with van der Waals surface area (Å²) >= 11 is 0. The molecule has 0 aromatic heterocycles. The number of benzene rings is 1. The van der Waals surface area contributed by atoms with Crippen LogP contribution in [0.15, 0.2) is 24.3 Å². The zero-order chi connectivity index (χ0) is 15.9. The number of ether oxygens (including phenoxy) is 1. The normalized spacial score (nSPS) is 11.0. The highest BCUT2D eigenvalue weighted by Crippen LogP contribution is 2.28. The van der Waals surface area contributed by atoms with Gasteiger partial charge in [-0.15, -0.1) is 0 Å². The predicted molar refractivity (Wildman–Crippen MR) is 69.2 cm³/mol. The molecule has 0 aliphatic rings. The van der Waals surface area contributed by atoms with Crippen LogP contribution in [0.4, 0.5) is 13.2 Å². The van der Waals surface area contributed by atoms with Gasteiger partial charge in [-0.1, -0.05) is 12.1 Å². The van der Waals surface area contributed by atoms with Crippen LogP contribution in [0.1, 0.15) is 30.9 Å². The summed E-state index contributed by atoms with van der Waals surface area (Å²) in [7, 11) is 0. The maximum Gasteiger partial charge on any atom is 0.416 e. The van der Waals surface area contributed by atoms with Crippen molar-refractivity contribution in [1.29, 1.82) is 0 Å². The molecule has 0 atom stereocenters. The SMILES string of the molecule is CCOC(=O)CCC(=O)NCc1ccc(C(F)(F)F)cc1. The molecule has 0 radical (unpaired) electrons. The fourth-order valence-corrected chi connectivity index (χ4v) is 1.55. The number of carbonyl (C=O) groups is 2. The number of hydrogen-bond acceptors (Lipinski definition) is 3. The van der Waals surface area contributed by atoms with Gasteiger partial charge in [-0.25, -0.2) is 0 Å². The molecule has 1 amide bonds. The minimum Gasteiger partial charge on any atom is -0.466 e. The highest BCUT2D eigenvalue weighted by molar-refractivity contribution is 5.81. The van der Waals surface area contributed by atoms with Crippen LogP contribution in [0, 0.1) is 0 Å². The average molecular weight is 303 g/mol. The van der Waals surface area contributed by atoms with E-state index in [2.05, 4.69) is 10.1 Å². The van der Waals surface area contributed by atoms with Crippen LogP contribution in [0.5, 0.6) is 0 Å². The molecule has 0 aliphatic heterocycles. The molecule has 1 aromatic rings. The minimum atomic E-state index is -4.37. The Morgan fingerprint density at radius 2 is 1.76 bits per heavy atom. The third-order valence-electron chi connectivity index (χ3n) is 2.63. The van der Waals surface area contributed by atoms with Gasteiger partial charge in [-0.3, -0.25) is 9.59 Å². The van der Waals surface area contributed by atoms with Crippen molar-refractivity contribution in [2.75, 3.05) is 6.61 Å². The van der Waals surface area contributed by atoms with Gasteiger partial charge in [-0.05, 0) is 24.6 Å². The second-order valence-electron chi connectivity index (χ2n) is 4.28. The van der Waals surface area contributed by atoms with Crippen LogP contribution < -0.4 is 5.32 Å². The number of hydrogen-bond donors (Lipinski definition) is 1. The summed E-state index contributed by atoms with van der Waals surface area (Å²) < 4.78 is 41.8. The number of alkyl halides is 3. The Balaban J connectivity index is 2.38. The molecule has 0 unspecified atom stereocenters. The van der Waals surface area contributed by atoms with Crippen LogP contribution in [0.25, 0.3) is 0 Å². The van der Waals surface area contributed by atoms with E-state index in [0.717, 1.165) is 12.1 Å². The first-order valence-electron chi connectivity index (χ1n) is 6.41. The van der Waals surface area contributed by atoms with E-state index < -0.39 is 17.7 Å². The minimum absolute atomic E-state index is 0.0144. The molecule has 0 spiro atoms. The highest BCUT2D eigenvalue weighted by Gasteiger charge is 2.29. The summed E-state index contributed by atoms with van der Waals surface area (Å²) in [6, 6.07) is 4.52. The van der Waals surface area contributed by atoms with Gasteiger partial charge in [-0.2, -0.15) is 13.2 Å². The Hall–Kier alpha value is -2.05. The lowest BCUT2D eigenvalue weighted by molar-refractivity contribution is -0.144. The Kier molecular flexibility index (Phi) is 6.20. The van der Waals surface area contributed by atoms with Gasteiger partial charge < -0.3 is 10.1 Å². The first-order valence-corrected chi connectivity index (χ1v) is 6.41. The van der Waals surface area contributed by atoms with Crippen molar-refractivity contribution in [3.8, 4) is 0 Å². The molecular formula is C14H16F3NO3. The first-order chi connectivity index (χ1) is 9.82. The summed E-state index contributed by atoms with van der Waals surface area (Å²) in [4.78, 5) is 22.5. The molecule has 21 heavy (non-hydrogen) atoms. The maximum absolute atomic E-state index is 12.4. The molecule has 1 aromatic carbocycles. The molecule has 1 N–H and O–H groups in total. The van der Waals surface area contributed by atoms with E-state index in [-0.39, 0.29) is 31.9 Å². The van der Waals surface area contributed by atoms with E-state index in [4.69, 9.17) is 0 Å². The van der Waals surface area contributed by atoms with E-state index in [1.807, 2.05) is 0 Å². The number of esters is 1. The van der Waals surface area contributed by atoms with Crippen molar-refractivity contribution in [1.82, 2.24) is 5.32 Å². The Labute approximate surface area is 120 Å². The summed E-state index contributed by atoms with van der Waals surface area (Å²) in [5.74, 6) is -0.815. The van der Waals surface area contributed by atoms with Gasteiger partial charge in [0, 0.05) is 13.0 Å². The number of rotatable bonds is 6. The van der Waals surface area contributed by atoms with Gasteiger partial charge in [0.25, 0.3) is 0 Å². The molecule has 1 rings (SSSR count). The summed E-state index contributed by atoms with van der Waals surface area (Å²) in [5, 5.41) is 2.53. The molecule has 0 bridgehead atoms. The molecule has 0 fully saturated rings. The lowest BCUT2D eigenvalue weighted by Crippen LogP contribution is -2.23. The Bertz CT molecular complexity index is 483. The number of amides is 1. The summed E-state index contributed by atoms with van der Waals surface area (Å²) in [6.07, 6.45) is -4.41. The van der Waals surface area contributed by atoms with E-state index in [0.29, 0.717) is 5.56 Å². The fourth-order valence-electron chi connectivity index (χ4n) is 1.55. The average Bonchev–Trinajstić information content (AvgIpc) is 2.43. The topological polar surface area (TPSA) is 55.4 Å². The molecule has 0 saturated heterocycles. The molecule has 0 aliphatic carbocycles. The van der Waals surface area contributed by atoms with Crippen LogP contribution in [0.3, 0.4) is 0 Å². The molecule has 0 saturated carbocycles. The van der Waals surface area contributed by atoms with Gasteiger partial charge in [0.05, 0.1) is 18.6 Å². The number of halogens is 3. The monoisotopic (exact) mass is 303 g/mol. The highest BCUT2D eigenvalue weighted by atomic mass is 19.4. The van der Waals surface area contributed by atoms with Crippen molar-refractivity contribution in [2.45, 2.75) is 32.5 Å². The van der Waals surface area contributed by atoms with Gasteiger partial charge in [0.15, 0.2) is 0 Å². The van der Waals surface area contributed by atoms with E-state index in [1.165, 1.54) is 12.1 Å². The Morgan fingerprint density at radius 3 is 2.29 bits per heavy atom. The van der Waals surface area contributed by atoms with Crippen LogP contribution in [-0.4, -0.2) is 18.5 Å². The van der Waals surface area contributed by atoms with Gasteiger partial charge >= 0.3 is 12.1 Å². The van der Waals surface area contributed by atoms with Crippen LogP contribution in [0.2, 0.25) is 0 Å². The molecule has 4 nitrogen and oxygen atoms in total. The predicted octanol–water partition coefficient (Wildman–Crippen LogP) is 2.66. The second-order valence-corrected chi connectivity index (χ2v) is 4.28. The summed E-state index contributed by atoms with van der Waals surface area (Å²) in [5.41, 5.74) is -0.188. The van der Waals surface area contributed by atoms with Crippen molar-refractivity contribution >= 4 is 11.9 Å². The van der Waals surface area contributed by atoms with Crippen molar-refractivity contribution in [2.24, 2.45) is 0 Å². The standard InChI is InChI=1S/C14H16F3NO3/c1-2-21-13(20)8-7-12(19)18-9-10-3-5-11(6-4-10)14(15,16)17/h3-6H,2,7-9H2,1H3,(H,18,19). The van der Waals surface area contributed by atoms with Crippen molar-refractivity contribution < 1.29 is 27.5 Å². The summed E-state index contributed by atoms with van der Waals surface area (Å²) in [6.45, 7) is 2.04. The van der Waals surface area contributed by atoms with Crippen LogP contribution >= 0.6 is 0 Å². The lowest BCUT2D eigenvalue weighted by atomic mass is 10.1. The van der Waals surface area contributed by atoms with E-state index in [9.17, 15) is 22.8 Å². The lowest BCUT2D eigenvalue weighted by Gasteiger charge is -2.08. The van der Waals surface area contributed by atoms with Gasteiger partial charge in [0.2, 0.25) is 5.91 Å². The molecular weight excluding hydrogens is 287 g/mol. The first kappa shape index (κ1) is 17.0. The third kappa shape index (κ3) is 6.29. The second kappa shape index (κ2) is 7.66. The molecule has 7 heteroatoms. The zero-order valence-electron chi connectivity index (χ0n) is 11.5. The largest absolute Gasteiger partial charge is 0.466 e. The zero-order valence-corrected chi connectivity index (χ0v) is 11.5.